The summed E-state index contributed by atoms with van der Waals surface area (Å²) >= 11 is 3.40. The predicted octanol–water partition coefficient (Wildman–Crippen LogP) is 2.91. The van der Waals surface area contributed by atoms with Gasteiger partial charge in [0.05, 0.1) is 14.2 Å². The van der Waals surface area contributed by atoms with Crippen molar-refractivity contribution in [3.63, 3.8) is 0 Å². The maximum absolute atomic E-state index is 5.23. The first kappa shape index (κ1) is 10.4. The fourth-order valence-corrected chi connectivity index (χ4v) is 1.66. The third-order valence-corrected chi connectivity index (χ3v) is 2.55. The minimum atomic E-state index is 0.771. The topological polar surface area (TPSA) is 18.5 Å². The zero-order valence-corrected chi connectivity index (χ0v) is 9.64. The van der Waals surface area contributed by atoms with Gasteiger partial charge in [-0.25, -0.2) is 0 Å². The lowest BCUT2D eigenvalue weighted by Crippen LogP contribution is -1.94. The van der Waals surface area contributed by atoms with Gasteiger partial charge < -0.3 is 9.47 Å². The van der Waals surface area contributed by atoms with Gasteiger partial charge in [-0.2, -0.15) is 0 Å². The molecule has 1 aromatic rings. The first-order valence-corrected chi connectivity index (χ1v) is 5.12. The molecule has 0 fully saturated rings. The van der Waals surface area contributed by atoms with Crippen molar-refractivity contribution in [3.8, 4) is 11.5 Å². The standard InChI is InChI=1S/C10H13BrO2/c1-7-4-10(13-3)8(6-11)5-9(7)12-2/h4-5H,6H2,1-3H3. The third kappa shape index (κ3) is 2.15. The third-order valence-electron chi connectivity index (χ3n) is 1.94. The molecule has 2 nitrogen and oxygen atoms in total. The van der Waals surface area contributed by atoms with Crippen molar-refractivity contribution in [1.29, 1.82) is 0 Å². The number of hydrogen-bond donors (Lipinski definition) is 0. The molecule has 0 amide bonds. The fraction of sp³-hybridized carbons (Fsp3) is 0.400. The van der Waals surface area contributed by atoms with Gasteiger partial charge in [-0.3, -0.25) is 0 Å². The highest BCUT2D eigenvalue weighted by Gasteiger charge is 2.06. The lowest BCUT2D eigenvalue weighted by molar-refractivity contribution is 0.398. The summed E-state index contributed by atoms with van der Waals surface area (Å²) in [6.07, 6.45) is 0. The first-order chi connectivity index (χ1) is 6.22. The molecule has 13 heavy (non-hydrogen) atoms. The maximum atomic E-state index is 5.23. The van der Waals surface area contributed by atoms with Crippen LogP contribution < -0.4 is 9.47 Å². The summed E-state index contributed by atoms with van der Waals surface area (Å²) in [5, 5.41) is 0.771. The molecule has 0 radical (unpaired) electrons. The molecule has 1 aromatic carbocycles. The van der Waals surface area contributed by atoms with Crippen molar-refractivity contribution < 1.29 is 9.47 Å². The molecule has 0 aliphatic rings. The van der Waals surface area contributed by atoms with Crippen LogP contribution >= 0.6 is 15.9 Å². The Morgan fingerprint density at radius 3 is 2.23 bits per heavy atom. The van der Waals surface area contributed by atoms with Crippen LogP contribution in [0.1, 0.15) is 11.1 Å². The molecular formula is C10H13BrO2. The lowest BCUT2D eigenvalue weighted by atomic mass is 10.1. The average Bonchev–Trinajstić information content (AvgIpc) is 2.17. The summed E-state index contributed by atoms with van der Waals surface area (Å²) in [7, 11) is 3.35. The monoisotopic (exact) mass is 244 g/mol. The van der Waals surface area contributed by atoms with E-state index in [9.17, 15) is 0 Å². The van der Waals surface area contributed by atoms with Crippen LogP contribution in [0, 0.1) is 6.92 Å². The molecule has 0 saturated carbocycles. The molecule has 0 spiro atoms. The first-order valence-electron chi connectivity index (χ1n) is 4.00. The van der Waals surface area contributed by atoms with E-state index in [2.05, 4.69) is 15.9 Å². The molecule has 0 saturated heterocycles. The van der Waals surface area contributed by atoms with E-state index >= 15 is 0 Å². The van der Waals surface area contributed by atoms with Gasteiger partial charge in [-0.1, -0.05) is 15.9 Å². The normalized spacial score (nSPS) is 9.85. The van der Waals surface area contributed by atoms with Crippen LogP contribution in [-0.2, 0) is 5.33 Å². The van der Waals surface area contributed by atoms with Crippen molar-refractivity contribution in [2.45, 2.75) is 12.3 Å². The van der Waals surface area contributed by atoms with Gasteiger partial charge in [-0.15, -0.1) is 0 Å². The van der Waals surface area contributed by atoms with E-state index in [1.54, 1.807) is 14.2 Å². The minimum absolute atomic E-state index is 0.771. The molecule has 0 aliphatic heterocycles. The Labute approximate surface area is 87.0 Å². The lowest BCUT2D eigenvalue weighted by Gasteiger charge is -2.10. The van der Waals surface area contributed by atoms with Crippen LogP contribution in [0.4, 0.5) is 0 Å². The molecule has 0 unspecified atom stereocenters. The van der Waals surface area contributed by atoms with Crippen LogP contribution in [0.3, 0.4) is 0 Å². The SMILES string of the molecule is COc1cc(CBr)c(OC)cc1C. The Morgan fingerprint density at radius 2 is 1.77 bits per heavy atom. The summed E-state index contributed by atoms with van der Waals surface area (Å²) in [6.45, 7) is 2.00. The number of benzene rings is 1. The highest BCUT2D eigenvalue weighted by molar-refractivity contribution is 9.08. The van der Waals surface area contributed by atoms with Crippen LogP contribution in [0.5, 0.6) is 11.5 Å². The number of rotatable bonds is 3. The van der Waals surface area contributed by atoms with E-state index in [1.807, 2.05) is 19.1 Å². The van der Waals surface area contributed by atoms with Crippen molar-refractivity contribution >= 4 is 15.9 Å². The van der Waals surface area contributed by atoms with Crippen molar-refractivity contribution in [2.75, 3.05) is 14.2 Å². The van der Waals surface area contributed by atoms with Crippen molar-refractivity contribution in [3.05, 3.63) is 23.3 Å². The van der Waals surface area contributed by atoms with E-state index < -0.39 is 0 Å². The van der Waals surface area contributed by atoms with Crippen LogP contribution in [0.15, 0.2) is 12.1 Å². The summed E-state index contributed by atoms with van der Waals surface area (Å²) in [4.78, 5) is 0. The second-order valence-electron chi connectivity index (χ2n) is 2.77. The Hall–Kier alpha value is -0.700. The number of halogens is 1. The number of aryl methyl sites for hydroxylation is 1. The highest BCUT2D eigenvalue weighted by atomic mass is 79.9. The van der Waals surface area contributed by atoms with Crippen LogP contribution in [-0.4, -0.2) is 14.2 Å². The summed E-state index contributed by atoms with van der Waals surface area (Å²) in [6, 6.07) is 3.97. The van der Waals surface area contributed by atoms with E-state index in [0.29, 0.717) is 0 Å². The quantitative estimate of drug-likeness (QED) is 0.762. The molecule has 3 heteroatoms. The van der Waals surface area contributed by atoms with Gasteiger partial charge >= 0.3 is 0 Å². The van der Waals surface area contributed by atoms with Gasteiger partial charge in [0.1, 0.15) is 11.5 Å². The second-order valence-corrected chi connectivity index (χ2v) is 3.33. The van der Waals surface area contributed by atoms with Crippen LogP contribution in [0.25, 0.3) is 0 Å². The fourth-order valence-electron chi connectivity index (χ4n) is 1.22. The molecule has 0 aliphatic carbocycles. The number of hydrogen-bond acceptors (Lipinski definition) is 2. The van der Waals surface area contributed by atoms with Gasteiger partial charge in [0.15, 0.2) is 0 Å². The average molecular weight is 245 g/mol. The van der Waals surface area contributed by atoms with Crippen LogP contribution in [0.2, 0.25) is 0 Å². The Bertz CT molecular complexity index is 297. The predicted molar refractivity (Wildman–Crippen MR) is 56.9 cm³/mol. The summed E-state index contributed by atoms with van der Waals surface area (Å²) in [5.74, 6) is 1.80. The molecule has 0 aromatic heterocycles. The van der Waals surface area contributed by atoms with E-state index in [-0.39, 0.29) is 0 Å². The number of alkyl halides is 1. The Kier molecular flexibility index (Phi) is 3.60. The zero-order chi connectivity index (χ0) is 9.84. The molecule has 0 N–H and O–H groups in total. The van der Waals surface area contributed by atoms with E-state index in [0.717, 1.165) is 28.0 Å². The van der Waals surface area contributed by atoms with Gasteiger partial charge in [0, 0.05) is 10.9 Å². The van der Waals surface area contributed by atoms with E-state index in [4.69, 9.17) is 9.47 Å². The smallest absolute Gasteiger partial charge is 0.123 e. The minimum Gasteiger partial charge on any atom is -0.496 e. The Morgan fingerprint density at radius 1 is 1.15 bits per heavy atom. The largest absolute Gasteiger partial charge is 0.496 e. The maximum Gasteiger partial charge on any atom is 0.123 e. The van der Waals surface area contributed by atoms with Gasteiger partial charge in [0.2, 0.25) is 0 Å². The summed E-state index contributed by atoms with van der Waals surface area (Å²) < 4.78 is 10.4. The van der Waals surface area contributed by atoms with Crippen molar-refractivity contribution in [1.82, 2.24) is 0 Å². The Balaban J connectivity index is 3.18. The second kappa shape index (κ2) is 4.51. The molecule has 0 heterocycles. The molecular weight excluding hydrogens is 232 g/mol. The van der Waals surface area contributed by atoms with Gasteiger partial charge in [-0.05, 0) is 24.6 Å². The molecule has 1 rings (SSSR count). The molecule has 72 valence electrons. The van der Waals surface area contributed by atoms with E-state index in [1.165, 1.54) is 0 Å². The van der Waals surface area contributed by atoms with Crippen molar-refractivity contribution in [2.24, 2.45) is 0 Å². The molecule has 0 atom stereocenters. The zero-order valence-electron chi connectivity index (χ0n) is 8.06. The van der Waals surface area contributed by atoms with Gasteiger partial charge in [0.25, 0.3) is 0 Å². The highest BCUT2D eigenvalue weighted by Crippen LogP contribution is 2.29. The summed E-state index contributed by atoms with van der Waals surface area (Å²) in [5.41, 5.74) is 2.19. The number of ether oxygens (including phenoxy) is 2. The number of methoxy groups -OCH3 is 2. The molecule has 0 bridgehead atoms.